The molecule has 0 aromatic carbocycles. The smallest absolute Gasteiger partial charge is 0.290 e. The standard InChI is InChI=1S/C19H15NO5S/c1-11-6-9-26-18(11)15-14(16(21)13-5-3-8-25-13)17(22)19(23)20(15)10-12-4-2-7-24-12/h2-9,15,22H,10H2,1H3/t15-/m0/s1. The third-order valence-corrected chi connectivity index (χ3v) is 5.42. The van der Waals surface area contributed by atoms with Gasteiger partial charge in [0, 0.05) is 4.88 Å². The second-order valence-electron chi connectivity index (χ2n) is 5.95. The fourth-order valence-electron chi connectivity index (χ4n) is 3.10. The van der Waals surface area contributed by atoms with E-state index in [1.165, 1.54) is 34.8 Å². The lowest BCUT2D eigenvalue weighted by atomic mass is 9.98. The molecule has 1 N–H and O–H groups in total. The number of hydrogen-bond donors (Lipinski definition) is 1. The number of carbonyl (C=O) groups is 2. The normalized spacial score (nSPS) is 17.3. The lowest BCUT2D eigenvalue weighted by molar-refractivity contribution is -0.130. The van der Waals surface area contributed by atoms with Crippen molar-refractivity contribution in [2.24, 2.45) is 0 Å². The van der Waals surface area contributed by atoms with Crippen molar-refractivity contribution >= 4 is 23.0 Å². The Balaban J connectivity index is 1.81. The Kier molecular flexibility index (Phi) is 4.00. The van der Waals surface area contributed by atoms with Crippen molar-refractivity contribution in [3.8, 4) is 0 Å². The van der Waals surface area contributed by atoms with Gasteiger partial charge in [0.15, 0.2) is 11.5 Å². The molecule has 0 aliphatic carbocycles. The summed E-state index contributed by atoms with van der Waals surface area (Å²) in [4.78, 5) is 27.9. The molecule has 0 bridgehead atoms. The number of amides is 1. The summed E-state index contributed by atoms with van der Waals surface area (Å²) in [6, 6.07) is 7.80. The van der Waals surface area contributed by atoms with Crippen molar-refractivity contribution in [1.82, 2.24) is 4.90 Å². The van der Waals surface area contributed by atoms with Crippen LogP contribution in [-0.2, 0) is 11.3 Å². The first kappa shape index (κ1) is 16.4. The molecule has 0 radical (unpaired) electrons. The van der Waals surface area contributed by atoms with Crippen LogP contribution >= 0.6 is 11.3 Å². The highest BCUT2D eigenvalue weighted by molar-refractivity contribution is 7.10. The van der Waals surface area contributed by atoms with E-state index in [0.717, 1.165) is 10.4 Å². The van der Waals surface area contributed by atoms with Gasteiger partial charge in [-0.25, -0.2) is 0 Å². The Morgan fingerprint density at radius 3 is 2.62 bits per heavy atom. The summed E-state index contributed by atoms with van der Waals surface area (Å²) < 4.78 is 10.5. The number of ketones is 1. The van der Waals surface area contributed by atoms with Gasteiger partial charge in [0.2, 0.25) is 5.78 Å². The van der Waals surface area contributed by atoms with Crippen LogP contribution in [0.1, 0.15) is 32.8 Å². The topological polar surface area (TPSA) is 83.9 Å². The SMILES string of the molecule is Cc1ccsc1[C@@H]1C(C(=O)c2ccco2)=C(O)C(=O)N1Cc1ccco1. The van der Waals surface area contributed by atoms with E-state index in [1.54, 1.807) is 18.2 Å². The van der Waals surface area contributed by atoms with Crippen molar-refractivity contribution in [2.45, 2.75) is 19.5 Å². The lowest BCUT2D eigenvalue weighted by Gasteiger charge is -2.25. The minimum absolute atomic E-state index is 0.0297. The number of aryl methyl sites for hydroxylation is 1. The fourth-order valence-corrected chi connectivity index (χ4v) is 4.14. The summed E-state index contributed by atoms with van der Waals surface area (Å²) in [5, 5.41) is 12.4. The fraction of sp³-hybridized carbons (Fsp3) is 0.158. The van der Waals surface area contributed by atoms with Gasteiger partial charge in [0.1, 0.15) is 11.8 Å². The van der Waals surface area contributed by atoms with Crippen LogP contribution < -0.4 is 0 Å². The molecule has 0 fully saturated rings. The molecule has 3 aromatic heterocycles. The number of carbonyl (C=O) groups excluding carboxylic acids is 2. The molecular weight excluding hydrogens is 354 g/mol. The quantitative estimate of drug-likeness (QED) is 0.687. The van der Waals surface area contributed by atoms with E-state index in [0.29, 0.717) is 5.76 Å². The number of aliphatic hydroxyl groups excluding tert-OH is 1. The van der Waals surface area contributed by atoms with Crippen molar-refractivity contribution in [2.75, 3.05) is 0 Å². The van der Waals surface area contributed by atoms with E-state index < -0.39 is 23.5 Å². The van der Waals surface area contributed by atoms with Gasteiger partial charge >= 0.3 is 0 Å². The van der Waals surface area contributed by atoms with Crippen LogP contribution in [0, 0.1) is 6.92 Å². The minimum atomic E-state index is -0.690. The Labute approximate surface area is 153 Å². The van der Waals surface area contributed by atoms with Crippen molar-refractivity contribution in [1.29, 1.82) is 0 Å². The zero-order chi connectivity index (χ0) is 18.3. The summed E-state index contributed by atoms with van der Waals surface area (Å²) in [6.07, 6.45) is 2.90. The molecule has 4 rings (SSSR count). The molecule has 7 heteroatoms. The predicted molar refractivity (Wildman–Crippen MR) is 93.7 cm³/mol. The Bertz CT molecular complexity index is 981. The molecule has 1 amide bonds. The first-order valence-electron chi connectivity index (χ1n) is 7.96. The molecule has 26 heavy (non-hydrogen) atoms. The molecule has 1 aliphatic heterocycles. The van der Waals surface area contributed by atoms with E-state index in [2.05, 4.69) is 0 Å². The Morgan fingerprint density at radius 2 is 2.00 bits per heavy atom. The number of nitrogens with zero attached hydrogens (tertiary/aromatic N) is 1. The van der Waals surface area contributed by atoms with E-state index in [-0.39, 0.29) is 17.9 Å². The first-order valence-corrected chi connectivity index (χ1v) is 8.84. The molecule has 0 saturated heterocycles. The average molecular weight is 369 g/mol. The van der Waals surface area contributed by atoms with Crippen molar-refractivity contribution in [3.05, 3.63) is 81.5 Å². The van der Waals surface area contributed by atoms with Gasteiger partial charge in [-0.1, -0.05) is 0 Å². The average Bonchev–Trinajstić information content (AvgIpc) is 3.40. The molecule has 3 aromatic rings. The van der Waals surface area contributed by atoms with Crippen LogP contribution in [-0.4, -0.2) is 21.7 Å². The molecule has 4 heterocycles. The van der Waals surface area contributed by atoms with E-state index >= 15 is 0 Å². The molecule has 1 atom stereocenters. The second-order valence-corrected chi connectivity index (χ2v) is 6.90. The zero-order valence-electron chi connectivity index (χ0n) is 13.8. The summed E-state index contributed by atoms with van der Waals surface area (Å²) in [6.45, 7) is 2.05. The highest BCUT2D eigenvalue weighted by Gasteiger charge is 2.45. The van der Waals surface area contributed by atoms with Crippen LogP contribution in [0.25, 0.3) is 0 Å². The van der Waals surface area contributed by atoms with E-state index in [1.807, 2.05) is 18.4 Å². The maximum atomic E-state index is 12.9. The third-order valence-electron chi connectivity index (χ3n) is 4.35. The maximum Gasteiger partial charge on any atom is 0.290 e. The van der Waals surface area contributed by atoms with Crippen molar-refractivity contribution < 1.29 is 23.5 Å². The lowest BCUT2D eigenvalue weighted by Crippen LogP contribution is -2.30. The third kappa shape index (κ3) is 2.57. The number of aliphatic hydroxyl groups is 1. The van der Waals surface area contributed by atoms with Crippen LogP contribution in [0.15, 0.2) is 68.4 Å². The number of furan rings is 2. The number of hydrogen-bond acceptors (Lipinski definition) is 6. The Morgan fingerprint density at radius 1 is 1.23 bits per heavy atom. The van der Waals surface area contributed by atoms with Gasteiger partial charge in [-0.15, -0.1) is 11.3 Å². The van der Waals surface area contributed by atoms with Gasteiger partial charge in [-0.2, -0.15) is 0 Å². The molecular formula is C19H15NO5S. The first-order chi connectivity index (χ1) is 12.6. The molecule has 6 nitrogen and oxygen atoms in total. The number of Topliss-reactive ketones (excluding diaryl/α,β-unsaturated/α-hetero) is 1. The van der Waals surface area contributed by atoms with Crippen LogP contribution in [0.2, 0.25) is 0 Å². The van der Waals surface area contributed by atoms with E-state index in [4.69, 9.17) is 8.83 Å². The highest BCUT2D eigenvalue weighted by Crippen LogP contribution is 2.43. The molecule has 132 valence electrons. The summed E-state index contributed by atoms with van der Waals surface area (Å²) in [5.41, 5.74) is 0.971. The molecule has 0 saturated carbocycles. The van der Waals surface area contributed by atoms with Crippen LogP contribution in [0.5, 0.6) is 0 Å². The van der Waals surface area contributed by atoms with Gasteiger partial charge in [0.05, 0.1) is 24.6 Å². The summed E-state index contributed by atoms with van der Waals surface area (Å²) >= 11 is 1.43. The van der Waals surface area contributed by atoms with Crippen LogP contribution in [0.4, 0.5) is 0 Å². The van der Waals surface area contributed by atoms with Crippen LogP contribution in [0.3, 0.4) is 0 Å². The maximum absolute atomic E-state index is 12.9. The number of thiophene rings is 1. The summed E-state index contributed by atoms with van der Waals surface area (Å²) in [7, 11) is 0. The largest absolute Gasteiger partial charge is 0.503 e. The minimum Gasteiger partial charge on any atom is -0.503 e. The van der Waals surface area contributed by atoms with Gasteiger partial charge in [-0.3, -0.25) is 9.59 Å². The monoisotopic (exact) mass is 369 g/mol. The summed E-state index contributed by atoms with van der Waals surface area (Å²) in [5.74, 6) is -0.999. The molecule has 0 spiro atoms. The van der Waals surface area contributed by atoms with E-state index in [9.17, 15) is 14.7 Å². The number of rotatable bonds is 5. The zero-order valence-corrected chi connectivity index (χ0v) is 14.7. The van der Waals surface area contributed by atoms with Crippen molar-refractivity contribution in [3.63, 3.8) is 0 Å². The van der Waals surface area contributed by atoms with Gasteiger partial charge in [-0.05, 0) is 48.2 Å². The Hall–Kier alpha value is -3.06. The second kappa shape index (κ2) is 6.34. The molecule has 1 aliphatic rings. The highest BCUT2D eigenvalue weighted by atomic mass is 32.1. The molecule has 0 unspecified atom stereocenters. The van der Waals surface area contributed by atoms with Gasteiger partial charge < -0.3 is 18.8 Å². The predicted octanol–water partition coefficient (Wildman–Crippen LogP) is 4.02. The van der Waals surface area contributed by atoms with Gasteiger partial charge in [0.25, 0.3) is 5.91 Å².